The van der Waals surface area contributed by atoms with Gasteiger partial charge >= 0.3 is 12.0 Å². The number of carboxylic acid groups (broad SMARTS) is 1. The molecule has 1 aliphatic carbocycles. The van der Waals surface area contributed by atoms with Gasteiger partial charge in [0.1, 0.15) is 0 Å². The first-order valence-electron chi connectivity index (χ1n) is 5.81. The summed E-state index contributed by atoms with van der Waals surface area (Å²) in [7, 11) is 0. The molecule has 0 radical (unpaired) electrons. The molecule has 0 aromatic heterocycles. The molecule has 1 rings (SSSR count). The number of hydrogen-bond donors (Lipinski definition) is 2. The lowest BCUT2D eigenvalue weighted by Gasteiger charge is -2.23. The van der Waals surface area contributed by atoms with Crippen molar-refractivity contribution >= 4 is 12.0 Å². The third-order valence-corrected chi connectivity index (χ3v) is 3.09. The molecule has 94 valence electrons. The molecule has 5 nitrogen and oxygen atoms in total. The summed E-state index contributed by atoms with van der Waals surface area (Å²) in [5.74, 6) is 1.10. The monoisotopic (exact) mass is 238 g/mol. The van der Waals surface area contributed by atoms with Crippen LogP contribution in [0.1, 0.15) is 26.2 Å². The maximum atomic E-state index is 11.8. The van der Waals surface area contributed by atoms with E-state index in [0.29, 0.717) is 13.0 Å². The van der Waals surface area contributed by atoms with Gasteiger partial charge in [-0.1, -0.05) is 12.3 Å². The van der Waals surface area contributed by atoms with Crippen molar-refractivity contribution in [2.24, 2.45) is 5.92 Å². The van der Waals surface area contributed by atoms with E-state index in [-0.39, 0.29) is 18.6 Å². The van der Waals surface area contributed by atoms with E-state index in [1.807, 2.05) is 6.92 Å². The molecule has 0 spiro atoms. The Morgan fingerprint density at radius 2 is 2.24 bits per heavy atom. The molecule has 1 fully saturated rings. The minimum absolute atomic E-state index is 0.243. The number of rotatable bonds is 4. The van der Waals surface area contributed by atoms with E-state index in [2.05, 4.69) is 11.2 Å². The van der Waals surface area contributed by atoms with E-state index in [4.69, 9.17) is 11.5 Å². The summed E-state index contributed by atoms with van der Waals surface area (Å²) in [4.78, 5) is 24.3. The lowest BCUT2D eigenvalue weighted by molar-refractivity contribution is -0.142. The average Bonchev–Trinajstić information content (AvgIpc) is 2.73. The van der Waals surface area contributed by atoms with Crippen molar-refractivity contribution in [2.75, 3.05) is 13.1 Å². The zero-order valence-electron chi connectivity index (χ0n) is 9.98. The van der Waals surface area contributed by atoms with E-state index in [0.717, 1.165) is 12.8 Å². The summed E-state index contributed by atoms with van der Waals surface area (Å²) in [6, 6.07) is -0.546. The van der Waals surface area contributed by atoms with Crippen LogP contribution in [0.25, 0.3) is 0 Å². The zero-order chi connectivity index (χ0) is 12.8. The highest BCUT2D eigenvalue weighted by Crippen LogP contribution is 2.25. The van der Waals surface area contributed by atoms with Crippen LogP contribution in [0.3, 0.4) is 0 Å². The third kappa shape index (κ3) is 3.38. The van der Waals surface area contributed by atoms with E-state index in [9.17, 15) is 9.59 Å². The number of aliphatic carboxylic acids is 1. The predicted molar refractivity (Wildman–Crippen MR) is 63.4 cm³/mol. The number of amides is 2. The SMILES string of the molecule is C#CCN(CC)C(=O)NC1CCCC1C(=O)O. The predicted octanol–water partition coefficient (Wildman–Crippen LogP) is 0.904. The van der Waals surface area contributed by atoms with Gasteiger partial charge in [0.25, 0.3) is 0 Å². The Hall–Kier alpha value is -1.70. The number of terminal acetylenes is 1. The van der Waals surface area contributed by atoms with Crippen molar-refractivity contribution in [3.05, 3.63) is 0 Å². The third-order valence-electron chi connectivity index (χ3n) is 3.09. The smallest absolute Gasteiger partial charge is 0.318 e. The summed E-state index contributed by atoms with van der Waals surface area (Å²) in [6.45, 7) is 2.59. The molecule has 0 bridgehead atoms. The lowest BCUT2D eigenvalue weighted by Crippen LogP contribution is -2.47. The molecular weight excluding hydrogens is 220 g/mol. The fourth-order valence-electron chi connectivity index (χ4n) is 2.12. The summed E-state index contributed by atoms with van der Waals surface area (Å²) >= 11 is 0. The molecule has 0 aromatic rings. The van der Waals surface area contributed by atoms with Crippen LogP contribution in [-0.2, 0) is 4.79 Å². The maximum Gasteiger partial charge on any atom is 0.318 e. The Morgan fingerprint density at radius 1 is 1.53 bits per heavy atom. The van der Waals surface area contributed by atoms with Crippen LogP contribution in [0.5, 0.6) is 0 Å². The highest BCUT2D eigenvalue weighted by molar-refractivity contribution is 5.77. The first-order chi connectivity index (χ1) is 8.10. The van der Waals surface area contributed by atoms with Gasteiger partial charge in [-0.3, -0.25) is 4.79 Å². The van der Waals surface area contributed by atoms with E-state index in [1.54, 1.807) is 0 Å². The summed E-state index contributed by atoms with van der Waals surface area (Å²) in [5.41, 5.74) is 0. The minimum Gasteiger partial charge on any atom is -0.481 e. The number of nitrogens with one attached hydrogen (secondary N) is 1. The van der Waals surface area contributed by atoms with Gasteiger partial charge in [-0.15, -0.1) is 6.42 Å². The minimum atomic E-state index is -0.840. The Morgan fingerprint density at radius 3 is 2.76 bits per heavy atom. The zero-order valence-corrected chi connectivity index (χ0v) is 9.98. The van der Waals surface area contributed by atoms with Crippen LogP contribution in [0.4, 0.5) is 4.79 Å². The fourth-order valence-corrected chi connectivity index (χ4v) is 2.12. The second kappa shape index (κ2) is 6.14. The largest absolute Gasteiger partial charge is 0.481 e. The molecule has 2 atom stereocenters. The van der Waals surface area contributed by atoms with Gasteiger partial charge in [-0.25, -0.2) is 4.79 Å². The lowest BCUT2D eigenvalue weighted by atomic mass is 10.0. The second-order valence-electron chi connectivity index (χ2n) is 4.15. The summed E-state index contributed by atoms with van der Waals surface area (Å²) < 4.78 is 0. The van der Waals surface area contributed by atoms with E-state index in [1.165, 1.54) is 4.90 Å². The van der Waals surface area contributed by atoms with Crippen molar-refractivity contribution < 1.29 is 14.7 Å². The second-order valence-corrected chi connectivity index (χ2v) is 4.15. The van der Waals surface area contributed by atoms with Gasteiger partial charge in [0.15, 0.2) is 0 Å². The molecule has 0 saturated heterocycles. The number of carbonyl (C=O) groups is 2. The summed E-state index contributed by atoms with van der Waals surface area (Å²) in [5, 5.41) is 11.8. The molecule has 1 saturated carbocycles. The molecule has 17 heavy (non-hydrogen) atoms. The molecule has 1 aliphatic rings. The Labute approximate surface area is 101 Å². The van der Waals surface area contributed by atoms with Crippen LogP contribution < -0.4 is 5.32 Å². The van der Waals surface area contributed by atoms with Crippen molar-refractivity contribution in [3.63, 3.8) is 0 Å². The van der Waals surface area contributed by atoms with Crippen LogP contribution in [0.2, 0.25) is 0 Å². The van der Waals surface area contributed by atoms with E-state index < -0.39 is 11.9 Å². The number of nitrogens with zero attached hydrogens (tertiary/aromatic N) is 1. The number of hydrogen-bond acceptors (Lipinski definition) is 2. The topological polar surface area (TPSA) is 69.6 Å². The molecule has 2 unspecified atom stereocenters. The number of urea groups is 1. The van der Waals surface area contributed by atoms with Crippen molar-refractivity contribution in [1.82, 2.24) is 10.2 Å². The quantitative estimate of drug-likeness (QED) is 0.715. The van der Waals surface area contributed by atoms with Crippen LogP contribution in [0, 0.1) is 18.3 Å². The van der Waals surface area contributed by atoms with Gasteiger partial charge in [-0.2, -0.15) is 0 Å². The van der Waals surface area contributed by atoms with Gasteiger partial charge in [0.2, 0.25) is 0 Å². The first-order valence-corrected chi connectivity index (χ1v) is 5.81. The average molecular weight is 238 g/mol. The highest BCUT2D eigenvalue weighted by atomic mass is 16.4. The molecule has 2 amide bonds. The van der Waals surface area contributed by atoms with Crippen LogP contribution in [-0.4, -0.2) is 41.1 Å². The standard InChI is InChI=1S/C12H18N2O3/c1-3-8-14(4-2)12(17)13-10-7-5-6-9(10)11(15)16/h1,9-10H,4-8H2,2H3,(H,13,17)(H,15,16). The normalized spacial score (nSPS) is 22.8. The highest BCUT2D eigenvalue weighted by Gasteiger charge is 2.34. The molecule has 0 aliphatic heterocycles. The molecule has 0 heterocycles. The molecule has 5 heteroatoms. The van der Waals surface area contributed by atoms with Crippen molar-refractivity contribution in [3.8, 4) is 12.3 Å². The molecular formula is C12H18N2O3. The van der Waals surface area contributed by atoms with Gasteiger partial charge in [0, 0.05) is 12.6 Å². The van der Waals surface area contributed by atoms with Crippen LogP contribution >= 0.6 is 0 Å². The Bertz CT molecular complexity index is 335. The number of carboxylic acids is 1. The van der Waals surface area contributed by atoms with Gasteiger partial charge < -0.3 is 15.3 Å². The Kier molecular flexibility index (Phi) is 4.83. The molecule has 0 aromatic carbocycles. The first kappa shape index (κ1) is 13.4. The maximum absolute atomic E-state index is 11.8. The van der Waals surface area contributed by atoms with Crippen LogP contribution in [0.15, 0.2) is 0 Å². The summed E-state index contributed by atoms with van der Waals surface area (Å²) in [6.07, 6.45) is 7.34. The van der Waals surface area contributed by atoms with Gasteiger partial charge in [-0.05, 0) is 19.8 Å². The molecule has 2 N–H and O–H groups in total. The van der Waals surface area contributed by atoms with Crippen molar-refractivity contribution in [2.45, 2.75) is 32.2 Å². The van der Waals surface area contributed by atoms with E-state index >= 15 is 0 Å². The number of carbonyl (C=O) groups excluding carboxylic acids is 1. The Balaban J connectivity index is 2.55. The van der Waals surface area contributed by atoms with Crippen molar-refractivity contribution in [1.29, 1.82) is 0 Å². The fraction of sp³-hybridized carbons (Fsp3) is 0.667. The van der Waals surface area contributed by atoms with Gasteiger partial charge in [0.05, 0.1) is 12.5 Å².